The molecule has 17 heavy (non-hydrogen) atoms. The molecule has 2 aromatic rings. The minimum atomic E-state index is 0.615. The Hall–Kier alpha value is -1.00. The van der Waals surface area contributed by atoms with Crippen molar-refractivity contribution in [1.29, 1.82) is 0 Å². The minimum Gasteiger partial charge on any atom is -0.431 e. The summed E-state index contributed by atoms with van der Waals surface area (Å²) in [6.45, 7) is 1.15. The van der Waals surface area contributed by atoms with Crippen molar-refractivity contribution in [2.24, 2.45) is 0 Å². The summed E-state index contributed by atoms with van der Waals surface area (Å²) in [6.07, 6.45) is 3.92. The van der Waals surface area contributed by atoms with Crippen LogP contribution in [0, 0.1) is 0 Å². The number of para-hydroxylation sites is 2. The van der Waals surface area contributed by atoms with Crippen molar-refractivity contribution in [3.8, 4) is 0 Å². The number of nitrogens with one attached hydrogen (secondary N) is 1. The lowest BCUT2D eigenvalue weighted by atomic mass is 10.1. The zero-order valence-electron chi connectivity index (χ0n) is 9.69. The number of piperidine rings is 1. The summed E-state index contributed by atoms with van der Waals surface area (Å²) in [5, 5.41) is 4.32. The van der Waals surface area contributed by atoms with Crippen molar-refractivity contribution >= 4 is 22.9 Å². The SMILES string of the molecule is c1ccc2oc(SC[C@H]3CCCCN3)nc2c1. The van der Waals surface area contributed by atoms with Gasteiger partial charge in [-0.1, -0.05) is 30.3 Å². The molecule has 0 saturated carbocycles. The van der Waals surface area contributed by atoms with Crippen LogP contribution in [0.25, 0.3) is 11.1 Å². The van der Waals surface area contributed by atoms with E-state index in [0.717, 1.165) is 28.6 Å². The fourth-order valence-electron chi connectivity index (χ4n) is 2.15. The van der Waals surface area contributed by atoms with Gasteiger partial charge in [0, 0.05) is 11.8 Å². The van der Waals surface area contributed by atoms with E-state index in [1.807, 2.05) is 24.3 Å². The summed E-state index contributed by atoms with van der Waals surface area (Å²) < 4.78 is 5.68. The Morgan fingerprint density at radius 3 is 3.12 bits per heavy atom. The Balaban J connectivity index is 1.64. The normalized spacial score (nSPS) is 20.8. The van der Waals surface area contributed by atoms with Crippen LogP contribution in [0.4, 0.5) is 0 Å². The predicted molar refractivity (Wildman–Crippen MR) is 70.4 cm³/mol. The quantitative estimate of drug-likeness (QED) is 0.847. The summed E-state index contributed by atoms with van der Waals surface area (Å²) in [4.78, 5) is 4.47. The molecule has 0 amide bonds. The second-order valence-electron chi connectivity index (χ2n) is 4.41. The first-order chi connectivity index (χ1) is 8.42. The standard InChI is InChI=1S/C13H16N2OS/c1-2-7-12-11(6-1)15-13(16-12)17-9-10-5-3-4-8-14-10/h1-2,6-7,10,14H,3-5,8-9H2/t10-/m1/s1. The van der Waals surface area contributed by atoms with Crippen molar-refractivity contribution in [3.63, 3.8) is 0 Å². The predicted octanol–water partition coefficient (Wildman–Crippen LogP) is 3.06. The third-order valence-electron chi connectivity index (χ3n) is 3.09. The highest BCUT2D eigenvalue weighted by Gasteiger charge is 2.14. The molecular formula is C13H16N2OS. The monoisotopic (exact) mass is 248 g/mol. The third-order valence-corrected chi connectivity index (χ3v) is 4.09. The van der Waals surface area contributed by atoms with E-state index in [4.69, 9.17) is 4.42 Å². The van der Waals surface area contributed by atoms with Gasteiger partial charge in [-0.2, -0.15) is 0 Å². The van der Waals surface area contributed by atoms with Crippen LogP contribution in [0.15, 0.2) is 33.9 Å². The van der Waals surface area contributed by atoms with Crippen molar-refractivity contribution < 1.29 is 4.42 Å². The zero-order valence-corrected chi connectivity index (χ0v) is 10.5. The second kappa shape index (κ2) is 5.10. The molecule has 0 aliphatic carbocycles. The molecule has 1 atom stereocenters. The van der Waals surface area contributed by atoms with E-state index < -0.39 is 0 Å². The third kappa shape index (κ3) is 2.64. The lowest BCUT2D eigenvalue weighted by Gasteiger charge is -2.22. The molecule has 1 aromatic carbocycles. The van der Waals surface area contributed by atoms with Gasteiger partial charge in [-0.05, 0) is 31.5 Å². The van der Waals surface area contributed by atoms with Crippen LogP contribution < -0.4 is 5.32 Å². The number of thioether (sulfide) groups is 1. The fourth-order valence-corrected chi connectivity index (χ4v) is 3.09. The van der Waals surface area contributed by atoms with Crippen LogP contribution in [0.3, 0.4) is 0 Å². The highest BCUT2D eigenvalue weighted by atomic mass is 32.2. The first kappa shape index (κ1) is 11.1. The van der Waals surface area contributed by atoms with Gasteiger partial charge in [0.25, 0.3) is 5.22 Å². The highest BCUT2D eigenvalue weighted by Crippen LogP contribution is 2.24. The number of rotatable bonds is 3. The van der Waals surface area contributed by atoms with E-state index >= 15 is 0 Å². The van der Waals surface area contributed by atoms with Gasteiger partial charge in [-0.25, -0.2) is 4.98 Å². The molecule has 90 valence electrons. The van der Waals surface area contributed by atoms with E-state index in [2.05, 4.69) is 10.3 Å². The van der Waals surface area contributed by atoms with Crippen molar-refractivity contribution in [3.05, 3.63) is 24.3 Å². The molecule has 1 aromatic heterocycles. The molecule has 0 spiro atoms. The molecule has 3 rings (SSSR count). The Kier molecular flexibility index (Phi) is 3.34. The summed E-state index contributed by atoms with van der Waals surface area (Å²) in [7, 11) is 0. The van der Waals surface area contributed by atoms with E-state index in [0.29, 0.717) is 6.04 Å². The Labute approximate surface area is 105 Å². The molecule has 1 fully saturated rings. The maximum absolute atomic E-state index is 5.68. The molecule has 3 nitrogen and oxygen atoms in total. The molecule has 1 N–H and O–H groups in total. The van der Waals surface area contributed by atoms with Crippen molar-refractivity contribution in [2.45, 2.75) is 30.5 Å². The average molecular weight is 248 g/mol. The molecule has 0 bridgehead atoms. The largest absolute Gasteiger partial charge is 0.431 e. The molecule has 1 aliphatic heterocycles. The molecule has 0 unspecified atom stereocenters. The Morgan fingerprint density at radius 2 is 2.29 bits per heavy atom. The van der Waals surface area contributed by atoms with Crippen LogP contribution in [0.5, 0.6) is 0 Å². The summed E-state index contributed by atoms with van der Waals surface area (Å²) in [6, 6.07) is 8.53. The minimum absolute atomic E-state index is 0.615. The number of hydrogen-bond acceptors (Lipinski definition) is 4. The van der Waals surface area contributed by atoms with Gasteiger partial charge >= 0.3 is 0 Å². The number of fused-ring (bicyclic) bond motifs is 1. The zero-order chi connectivity index (χ0) is 11.5. The van der Waals surface area contributed by atoms with Gasteiger partial charge < -0.3 is 9.73 Å². The molecular weight excluding hydrogens is 232 g/mol. The molecule has 2 heterocycles. The van der Waals surface area contributed by atoms with Crippen LogP contribution in [0.1, 0.15) is 19.3 Å². The number of benzene rings is 1. The fraction of sp³-hybridized carbons (Fsp3) is 0.462. The Bertz CT molecular complexity index is 458. The van der Waals surface area contributed by atoms with E-state index in [9.17, 15) is 0 Å². The molecule has 1 saturated heterocycles. The van der Waals surface area contributed by atoms with Gasteiger partial charge in [0.1, 0.15) is 5.52 Å². The van der Waals surface area contributed by atoms with Crippen LogP contribution in [-0.4, -0.2) is 23.3 Å². The van der Waals surface area contributed by atoms with Gasteiger partial charge in [0.2, 0.25) is 0 Å². The lowest BCUT2D eigenvalue weighted by Crippen LogP contribution is -2.35. The first-order valence-corrected chi connectivity index (χ1v) is 7.12. The number of nitrogens with zero attached hydrogens (tertiary/aromatic N) is 1. The summed E-state index contributed by atoms with van der Waals surface area (Å²) in [5.41, 5.74) is 1.83. The summed E-state index contributed by atoms with van der Waals surface area (Å²) >= 11 is 1.71. The van der Waals surface area contributed by atoms with Crippen molar-refractivity contribution in [1.82, 2.24) is 10.3 Å². The molecule has 4 heteroatoms. The Morgan fingerprint density at radius 1 is 1.35 bits per heavy atom. The number of hydrogen-bond donors (Lipinski definition) is 1. The van der Waals surface area contributed by atoms with Gasteiger partial charge in [-0.3, -0.25) is 0 Å². The maximum Gasteiger partial charge on any atom is 0.256 e. The smallest absolute Gasteiger partial charge is 0.256 e. The van der Waals surface area contributed by atoms with Crippen LogP contribution >= 0.6 is 11.8 Å². The molecule has 0 radical (unpaired) electrons. The van der Waals surface area contributed by atoms with Gasteiger partial charge in [-0.15, -0.1) is 0 Å². The first-order valence-electron chi connectivity index (χ1n) is 6.13. The summed E-state index contributed by atoms with van der Waals surface area (Å²) in [5.74, 6) is 1.05. The van der Waals surface area contributed by atoms with Crippen LogP contribution in [-0.2, 0) is 0 Å². The maximum atomic E-state index is 5.68. The number of aromatic nitrogens is 1. The highest BCUT2D eigenvalue weighted by molar-refractivity contribution is 7.99. The lowest BCUT2D eigenvalue weighted by molar-refractivity contribution is 0.427. The topological polar surface area (TPSA) is 38.1 Å². The second-order valence-corrected chi connectivity index (χ2v) is 5.38. The van der Waals surface area contributed by atoms with E-state index in [1.54, 1.807) is 11.8 Å². The van der Waals surface area contributed by atoms with Crippen molar-refractivity contribution in [2.75, 3.05) is 12.3 Å². The van der Waals surface area contributed by atoms with Gasteiger partial charge in [0.05, 0.1) is 0 Å². The number of oxazole rings is 1. The van der Waals surface area contributed by atoms with E-state index in [-0.39, 0.29) is 0 Å². The van der Waals surface area contributed by atoms with Crippen LogP contribution in [0.2, 0.25) is 0 Å². The van der Waals surface area contributed by atoms with E-state index in [1.165, 1.54) is 19.3 Å². The van der Waals surface area contributed by atoms with Gasteiger partial charge in [0.15, 0.2) is 5.58 Å². The molecule has 1 aliphatic rings. The average Bonchev–Trinajstić information content (AvgIpc) is 2.80.